The third kappa shape index (κ3) is 4.74. The lowest BCUT2D eigenvalue weighted by Crippen LogP contribution is -2.26. The van der Waals surface area contributed by atoms with E-state index in [0.717, 1.165) is 16.0 Å². The number of fused-ring (bicyclic) bond motifs is 1. The first-order chi connectivity index (χ1) is 13.1. The van der Waals surface area contributed by atoms with E-state index in [-0.39, 0.29) is 34.1 Å². The Morgan fingerprint density at radius 1 is 1.14 bits per heavy atom. The standard InChI is InChI=1S/C20H22N2O4S2/c1-12-8-13(2)10-15(9-12)21-19(23)6-7-28(25,26)16-4-5-18-17(11-16)22-20(24)14(3)27-18/h4-5,8-11,14H,6-7H2,1-3H3,(H,21,23)(H,22,24)/t14-/m1/s1. The Balaban J connectivity index is 1.68. The van der Waals surface area contributed by atoms with Crippen molar-refractivity contribution in [3.63, 3.8) is 0 Å². The molecule has 0 aliphatic carbocycles. The van der Waals surface area contributed by atoms with Crippen LogP contribution in [0.2, 0.25) is 0 Å². The maximum Gasteiger partial charge on any atom is 0.237 e. The van der Waals surface area contributed by atoms with Crippen LogP contribution in [0.1, 0.15) is 24.5 Å². The molecule has 8 heteroatoms. The third-order valence-electron chi connectivity index (χ3n) is 4.34. The van der Waals surface area contributed by atoms with Crippen molar-refractivity contribution in [1.29, 1.82) is 0 Å². The Morgan fingerprint density at radius 3 is 2.50 bits per heavy atom. The molecule has 0 unspecified atom stereocenters. The molecule has 1 atom stereocenters. The van der Waals surface area contributed by atoms with Gasteiger partial charge in [0.1, 0.15) is 0 Å². The normalized spacial score (nSPS) is 16.2. The number of carbonyl (C=O) groups excluding carboxylic acids is 2. The molecule has 1 aliphatic heterocycles. The summed E-state index contributed by atoms with van der Waals surface area (Å²) < 4.78 is 25.3. The van der Waals surface area contributed by atoms with E-state index in [0.29, 0.717) is 11.4 Å². The van der Waals surface area contributed by atoms with Crippen molar-refractivity contribution < 1.29 is 18.0 Å². The summed E-state index contributed by atoms with van der Waals surface area (Å²) in [4.78, 5) is 24.9. The molecule has 28 heavy (non-hydrogen) atoms. The highest BCUT2D eigenvalue weighted by Gasteiger charge is 2.25. The lowest BCUT2D eigenvalue weighted by Gasteiger charge is -2.21. The Labute approximate surface area is 169 Å². The fourth-order valence-electron chi connectivity index (χ4n) is 3.00. The predicted molar refractivity (Wildman–Crippen MR) is 112 cm³/mol. The number of hydrogen-bond donors (Lipinski definition) is 2. The van der Waals surface area contributed by atoms with Crippen LogP contribution in [0.3, 0.4) is 0 Å². The predicted octanol–water partition coefficient (Wildman–Crippen LogP) is 3.54. The van der Waals surface area contributed by atoms with Crippen LogP contribution in [0.15, 0.2) is 46.2 Å². The molecule has 0 fully saturated rings. The maximum atomic E-state index is 12.6. The number of thioether (sulfide) groups is 1. The van der Waals surface area contributed by atoms with Gasteiger partial charge >= 0.3 is 0 Å². The van der Waals surface area contributed by atoms with Gasteiger partial charge in [-0.3, -0.25) is 9.59 Å². The highest BCUT2D eigenvalue weighted by atomic mass is 32.2. The Morgan fingerprint density at radius 2 is 1.82 bits per heavy atom. The van der Waals surface area contributed by atoms with Crippen LogP contribution in [0.25, 0.3) is 0 Å². The number of sulfone groups is 1. The lowest BCUT2D eigenvalue weighted by molar-refractivity contribution is -0.116. The van der Waals surface area contributed by atoms with E-state index in [1.165, 1.54) is 23.9 Å². The maximum absolute atomic E-state index is 12.6. The molecule has 6 nitrogen and oxygen atoms in total. The van der Waals surface area contributed by atoms with Gasteiger partial charge in [0.05, 0.1) is 21.6 Å². The van der Waals surface area contributed by atoms with Crippen molar-refractivity contribution in [3.05, 3.63) is 47.5 Å². The van der Waals surface area contributed by atoms with Gasteiger partial charge in [-0.05, 0) is 62.2 Å². The molecule has 2 amide bonds. The molecule has 3 rings (SSSR count). The number of hydrogen-bond acceptors (Lipinski definition) is 5. The van der Waals surface area contributed by atoms with Crippen molar-refractivity contribution in [3.8, 4) is 0 Å². The van der Waals surface area contributed by atoms with Crippen molar-refractivity contribution in [2.45, 2.75) is 42.2 Å². The minimum atomic E-state index is -3.65. The molecule has 148 valence electrons. The average Bonchev–Trinajstić information content (AvgIpc) is 2.60. The third-order valence-corrected chi connectivity index (χ3v) is 7.24. The number of carbonyl (C=O) groups is 2. The largest absolute Gasteiger partial charge is 0.326 e. The molecule has 0 aromatic heterocycles. The topological polar surface area (TPSA) is 92.3 Å². The molecule has 2 aromatic carbocycles. The van der Waals surface area contributed by atoms with Crippen LogP contribution in [0.4, 0.5) is 11.4 Å². The smallest absolute Gasteiger partial charge is 0.237 e. The summed E-state index contributed by atoms with van der Waals surface area (Å²) in [7, 11) is -3.65. The fourth-order valence-corrected chi connectivity index (χ4v) is 5.19. The van der Waals surface area contributed by atoms with Gasteiger partial charge in [-0.25, -0.2) is 8.42 Å². The van der Waals surface area contributed by atoms with E-state index in [4.69, 9.17) is 0 Å². The lowest BCUT2D eigenvalue weighted by atomic mass is 10.1. The van der Waals surface area contributed by atoms with E-state index < -0.39 is 9.84 Å². The zero-order valence-electron chi connectivity index (χ0n) is 15.9. The second-order valence-corrected chi connectivity index (χ2v) is 10.4. The van der Waals surface area contributed by atoms with E-state index in [1.54, 1.807) is 13.0 Å². The average molecular weight is 419 g/mol. The van der Waals surface area contributed by atoms with Crippen molar-refractivity contribution in [1.82, 2.24) is 0 Å². The summed E-state index contributed by atoms with van der Waals surface area (Å²) in [5.41, 5.74) is 3.19. The van der Waals surface area contributed by atoms with Crippen LogP contribution in [0, 0.1) is 13.8 Å². The quantitative estimate of drug-likeness (QED) is 0.775. The molecule has 0 radical (unpaired) electrons. The van der Waals surface area contributed by atoms with Gasteiger partial charge in [0, 0.05) is 17.0 Å². The number of aryl methyl sites for hydroxylation is 2. The molecule has 0 spiro atoms. The summed E-state index contributed by atoms with van der Waals surface area (Å²) in [6.45, 7) is 5.66. The van der Waals surface area contributed by atoms with Crippen LogP contribution in [-0.2, 0) is 19.4 Å². The van der Waals surface area contributed by atoms with Gasteiger partial charge in [-0.2, -0.15) is 0 Å². The molecule has 2 aromatic rings. The van der Waals surface area contributed by atoms with Crippen LogP contribution in [0.5, 0.6) is 0 Å². The van der Waals surface area contributed by atoms with Gasteiger partial charge < -0.3 is 10.6 Å². The zero-order chi connectivity index (χ0) is 20.5. The van der Waals surface area contributed by atoms with Crippen molar-refractivity contribution in [2.24, 2.45) is 0 Å². The zero-order valence-corrected chi connectivity index (χ0v) is 17.5. The van der Waals surface area contributed by atoms with Gasteiger partial charge in [0.2, 0.25) is 11.8 Å². The summed E-state index contributed by atoms with van der Waals surface area (Å²) in [6, 6.07) is 10.3. The van der Waals surface area contributed by atoms with Crippen LogP contribution >= 0.6 is 11.8 Å². The first-order valence-corrected chi connectivity index (χ1v) is 11.4. The number of nitrogens with one attached hydrogen (secondary N) is 2. The number of anilines is 2. The first kappa shape index (κ1) is 20.4. The monoisotopic (exact) mass is 418 g/mol. The second-order valence-electron chi connectivity index (χ2n) is 6.90. The van der Waals surface area contributed by atoms with Gasteiger partial charge in [0.15, 0.2) is 9.84 Å². The SMILES string of the molecule is Cc1cc(C)cc(NC(=O)CCS(=O)(=O)c2ccc3c(c2)NC(=O)[C@@H](C)S3)c1. The summed E-state index contributed by atoms with van der Waals surface area (Å²) >= 11 is 1.39. The minimum Gasteiger partial charge on any atom is -0.326 e. The number of rotatable bonds is 5. The number of amides is 2. The van der Waals surface area contributed by atoms with Crippen LogP contribution in [-0.4, -0.2) is 31.2 Å². The molecule has 0 saturated heterocycles. The van der Waals surface area contributed by atoms with E-state index in [9.17, 15) is 18.0 Å². The van der Waals surface area contributed by atoms with Crippen molar-refractivity contribution >= 4 is 44.8 Å². The molecule has 1 aliphatic rings. The Kier molecular flexibility index (Phi) is 5.81. The Bertz CT molecular complexity index is 1030. The highest BCUT2D eigenvalue weighted by molar-refractivity contribution is 8.01. The van der Waals surface area contributed by atoms with E-state index in [1.807, 2.05) is 32.0 Å². The van der Waals surface area contributed by atoms with Crippen LogP contribution < -0.4 is 10.6 Å². The first-order valence-electron chi connectivity index (χ1n) is 8.86. The molecule has 2 N–H and O–H groups in total. The Hall–Kier alpha value is -2.32. The molecular formula is C20H22N2O4S2. The second kappa shape index (κ2) is 7.97. The minimum absolute atomic E-state index is 0.0981. The summed E-state index contributed by atoms with van der Waals surface area (Å²) in [6.07, 6.45) is -0.148. The van der Waals surface area contributed by atoms with Gasteiger partial charge in [0.25, 0.3) is 0 Å². The van der Waals surface area contributed by atoms with E-state index in [2.05, 4.69) is 10.6 Å². The summed E-state index contributed by atoms with van der Waals surface area (Å²) in [5.74, 6) is -0.816. The van der Waals surface area contributed by atoms with Gasteiger partial charge in [-0.1, -0.05) is 6.07 Å². The van der Waals surface area contributed by atoms with Crippen molar-refractivity contribution in [2.75, 3.05) is 16.4 Å². The molecular weight excluding hydrogens is 396 g/mol. The fraction of sp³-hybridized carbons (Fsp3) is 0.300. The molecule has 1 heterocycles. The molecule has 0 saturated carbocycles. The highest BCUT2D eigenvalue weighted by Crippen LogP contribution is 2.36. The van der Waals surface area contributed by atoms with E-state index >= 15 is 0 Å². The number of benzene rings is 2. The molecule has 0 bridgehead atoms. The summed E-state index contributed by atoms with van der Waals surface area (Å²) in [5, 5.41) is 5.25. The van der Waals surface area contributed by atoms with Gasteiger partial charge in [-0.15, -0.1) is 11.8 Å².